The predicted molar refractivity (Wildman–Crippen MR) is 75.8 cm³/mol. The molecule has 18 heavy (non-hydrogen) atoms. The van der Waals surface area contributed by atoms with Gasteiger partial charge in [-0.05, 0) is 51.1 Å². The maximum Gasteiger partial charge on any atom is 0.0494 e. The summed E-state index contributed by atoms with van der Waals surface area (Å²) in [7, 11) is 0. The molecule has 0 radical (unpaired) electrons. The Labute approximate surface area is 111 Å². The van der Waals surface area contributed by atoms with E-state index < -0.39 is 0 Å². The van der Waals surface area contributed by atoms with Crippen LogP contribution in [0, 0.1) is 19.8 Å². The predicted octanol–water partition coefficient (Wildman–Crippen LogP) is 3.21. The number of hydrogen-bond acceptors (Lipinski definition) is 2. The molecule has 1 aromatic carbocycles. The Bertz CT molecular complexity index is 351. The molecule has 0 unspecified atom stereocenters. The van der Waals surface area contributed by atoms with Crippen molar-refractivity contribution in [2.75, 3.05) is 19.8 Å². The van der Waals surface area contributed by atoms with Gasteiger partial charge in [0.15, 0.2) is 0 Å². The molecule has 1 aliphatic carbocycles. The first-order valence-corrected chi connectivity index (χ1v) is 7.09. The van der Waals surface area contributed by atoms with Crippen LogP contribution in [0.3, 0.4) is 0 Å². The van der Waals surface area contributed by atoms with Gasteiger partial charge >= 0.3 is 0 Å². The number of nitrogens with one attached hydrogen (secondary N) is 1. The van der Waals surface area contributed by atoms with Crippen molar-refractivity contribution in [2.45, 2.75) is 39.7 Å². The standard InChI is InChI=1S/C16H25NO/c1-13-8-14(2)10-16(9-13)11-17-6-3-7-18-12-15-4-5-15/h8-10,15,17H,3-7,11-12H2,1-2H3. The van der Waals surface area contributed by atoms with Gasteiger partial charge in [0.1, 0.15) is 0 Å². The largest absolute Gasteiger partial charge is 0.381 e. The van der Waals surface area contributed by atoms with Gasteiger partial charge in [-0.25, -0.2) is 0 Å². The molecule has 0 spiro atoms. The zero-order valence-electron chi connectivity index (χ0n) is 11.7. The van der Waals surface area contributed by atoms with E-state index in [9.17, 15) is 0 Å². The molecule has 0 bridgehead atoms. The molecular weight excluding hydrogens is 222 g/mol. The summed E-state index contributed by atoms with van der Waals surface area (Å²) >= 11 is 0. The van der Waals surface area contributed by atoms with Gasteiger partial charge in [0.05, 0.1) is 0 Å². The molecule has 1 aliphatic rings. The van der Waals surface area contributed by atoms with E-state index >= 15 is 0 Å². The Balaban J connectivity index is 1.53. The van der Waals surface area contributed by atoms with Gasteiger partial charge in [-0.3, -0.25) is 0 Å². The monoisotopic (exact) mass is 247 g/mol. The Kier molecular flexibility index (Phi) is 5.21. The van der Waals surface area contributed by atoms with Gasteiger partial charge in [-0.15, -0.1) is 0 Å². The molecule has 1 fully saturated rings. The average molecular weight is 247 g/mol. The van der Waals surface area contributed by atoms with Gasteiger partial charge in [0.2, 0.25) is 0 Å². The molecular formula is C16H25NO. The van der Waals surface area contributed by atoms with Gasteiger partial charge in [-0.1, -0.05) is 29.3 Å². The van der Waals surface area contributed by atoms with E-state index in [2.05, 4.69) is 37.4 Å². The van der Waals surface area contributed by atoms with Crippen molar-refractivity contribution in [2.24, 2.45) is 5.92 Å². The fourth-order valence-electron chi connectivity index (χ4n) is 2.24. The zero-order chi connectivity index (χ0) is 12.8. The summed E-state index contributed by atoms with van der Waals surface area (Å²) in [4.78, 5) is 0. The topological polar surface area (TPSA) is 21.3 Å². The summed E-state index contributed by atoms with van der Waals surface area (Å²) < 4.78 is 5.61. The van der Waals surface area contributed by atoms with Crippen LogP contribution in [0.15, 0.2) is 18.2 Å². The summed E-state index contributed by atoms with van der Waals surface area (Å²) in [5.41, 5.74) is 4.07. The van der Waals surface area contributed by atoms with E-state index in [-0.39, 0.29) is 0 Å². The van der Waals surface area contributed by atoms with E-state index in [0.717, 1.165) is 38.6 Å². The lowest BCUT2D eigenvalue weighted by Crippen LogP contribution is -2.16. The number of aryl methyl sites for hydroxylation is 2. The molecule has 2 heteroatoms. The van der Waals surface area contributed by atoms with Crippen molar-refractivity contribution in [1.82, 2.24) is 5.32 Å². The van der Waals surface area contributed by atoms with Crippen LogP contribution in [0.1, 0.15) is 36.0 Å². The highest BCUT2D eigenvalue weighted by molar-refractivity contribution is 5.28. The first-order chi connectivity index (χ1) is 8.74. The Morgan fingerprint density at radius 1 is 1.17 bits per heavy atom. The minimum absolute atomic E-state index is 0.883. The van der Waals surface area contributed by atoms with Crippen molar-refractivity contribution >= 4 is 0 Å². The van der Waals surface area contributed by atoms with Gasteiger partial charge < -0.3 is 10.1 Å². The van der Waals surface area contributed by atoms with Crippen LogP contribution >= 0.6 is 0 Å². The van der Waals surface area contributed by atoms with Crippen molar-refractivity contribution in [3.05, 3.63) is 34.9 Å². The minimum Gasteiger partial charge on any atom is -0.381 e. The lowest BCUT2D eigenvalue weighted by molar-refractivity contribution is 0.122. The Morgan fingerprint density at radius 3 is 2.56 bits per heavy atom. The van der Waals surface area contributed by atoms with E-state index in [1.54, 1.807) is 0 Å². The lowest BCUT2D eigenvalue weighted by atomic mass is 10.1. The number of ether oxygens (including phenoxy) is 1. The van der Waals surface area contributed by atoms with Crippen LogP contribution in [0.2, 0.25) is 0 Å². The van der Waals surface area contributed by atoms with E-state index in [1.165, 1.54) is 29.5 Å². The second kappa shape index (κ2) is 6.91. The molecule has 1 aromatic rings. The maximum absolute atomic E-state index is 5.61. The highest BCUT2D eigenvalue weighted by atomic mass is 16.5. The van der Waals surface area contributed by atoms with Crippen LogP contribution in [0.25, 0.3) is 0 Å². The second-order valence-electron chi connectivity index (χ2n) is 5.54. The minimum atomic E-state index is 0.883. The molecule has 2 nitrogen and oxygen atoms in total. The number of benzene rings is 1. The lowest BCUT2D eigenvalue weighted by Gasteiger charge is -2.07. The van der Waals surface area contributed by atoms with Gasteiger partial charge in [0.25, 0.3) is 0 Å². The highest BCUT2D eigenvalue weighted by Gasteiger charge is 2.20. The average Bonchev–Trinajstić information content (AvgIpc) is 3.10. The molecule has 0 heterocycles. The summed E-state index contributed by atoms with van der Waals surface area (Å²) in [6.45, 7) is 8.20. The normalized spacial score (nSPS) is 15.0. The summed E-state index contributed by atoms with van der Waals surface area (Å²) in [6, 6.07) is 6.72. The molecule has 0 atom stereocenters. The SMILES string of the molecule is Cc1cc(C)cc(CNCCCOCC2CC2)c1. The third-order valence-corrected chi connectivity index (χ3v) is 3.30. The fraction of sp³-hybridized carbons (Fsp3) is 0.625. The van der Waals surface area contributed by atoms with Crippen molar-refractivity contribution in [3.63, 3.8) is 0 Å². The summed E-state index contributed by atoms with van der Waals surface area (Å²) in [5.74, 6) is 0.883. The van der Waals surface area contributed by atoms with Crippen molar-refractivity contribution in [3.8, 4) is 0 Å². The van der Waals surface area contributed by atoms with Crippen LogP contribution < -0.4 is 5.32 Å². The van der Waals surface area contributed by atoms with Crippen molar-refractivity contribution in [1.29, 1.82) is 0 Å². The number of hydrogen-bond donors (Lipinski definition) is 1. The Morgan fingerprint density at radius 2 is 1.89 bits per heavy atom. The van der Waals surface area contributed by atoms with Crippen LogP contribution in [-0.4, -0.2) is 19.8 Å². The molecule has 100 valence electrons. The van der Waals surface area contributed by atoms with Crippen LogP contribution in [0.5, 0.6) is 0 Å². The fourth-order valence-corrected chi connectivity index (χ4v) is 2.24. The molecule has 0 aliphatic heterocycles. The summed E-state index contributed by atoms with van der Waals surface area (Å²) in [6.07, 6.45) is 3.87. The third-order valence-electron chi connectivity index (χ3n) is 3.30. The number of rotatable bonds is 8. The maximum atomic E-state index is 5.61. The second-order valence-corrected chi connectivity index (χ2v) is 5.54. The molecule has 1 N–H and O–H groups in total. The summed E-state index contributed by atoms with van der Waals surface area (Å²) in [5, 5.41) is 3.48. The highest BCUT2D eigenvalue weighted by Crippen LogP contribution is 2.28. The van der Waals surface area contributed by atoms with E-state index in [0.29, 0.717) is 0 Å². The van der Waals surface area contributed by atoms with Crippen LogP contribution in [0.4, 0.5) is 0 Å². The zero-order valence-corrected chi connectivity index (χ0v) is 11.7. The van der Waals surface area contributed by atoms with Crippen LogP contribution in [-0.2, 0) is 11.3 Å². The third kappa shape index (κ3) is 5.19. The quantitative estimate of drug-likeness (QED) is 0.712. The van der Waals surface area contributed by atoms with Crippen molar-refractivity contribution < 1.29 is 4.74 Å². The Hall–Kier alpha value is -0.860. The molecule has 0 saturated heterocycles. The first kappa shape index (κ1) is 13.6. The van der Waals surface area contributed by atoms with E-state index in [4.69, 9.17) is 4.74 Å². The molecule has 0 aromatic heterocycles. The molecule has 1 saturated carbocycles. The smallest absolute Gasteiger partial charge is 0.0494 e. The molecule has 2 rings (SSSR count). The van der Waals surface area contributed by atoms with Gasteiger partial charge in [0, 0.05) is 19.8 Å². The first-order valence-electron chi connectivity index (χ1n) is 7.09. The van der Waals surface area contributed by atoms with Gasteiger partial charge in [-0.2, -0.15) is 0 Å². The van der Waals surface area contributed by atoms with E-state index in [1.807, 2.05) is 0 Å². The molecule has 0 amide bonds.